The third-order valence-electron chi connectivity index (χ3n) is 3.71. The van der Waals surface area contributed by atoms with Gasteiger partial charge in [0.25, 0.3) is 0 Å². The van der Waals surface area contributed by atoms with Crippen LogP contribution < -0.4 is 0 Å². The van der Waals surface area contributed by atoms with Crippen molar-refractivity contribution in [3.63, 3.8) is 0 Å². The fourth-order valence-electron chi connectivity index (χ4n) is 2.83. The Morgan fingerprint density at radius 3 is 2.22 bits per heavy atom. The molecular weight excluding hydrogens is 232 g/mol. The van der Waals surface area contributed by atoms with Crippen LogP contribution in [0.2, 0.25) is 0 Å². The molecule has 0 N–H and O–H groups in total. The van der Waals surface area contributed by atoms with Crippen molar-refractivity contribution in [3.8, 4) is 0 Å². The summed E-state index contributed by atoms with van der Waals surface area (Å²) in [7, 11) is 0. The Bertz CT molecular complexity index is 271. The number of rotatable bonds is 5. The van der Waals surface area contributed by atoms with Gasteiger partial charge in [0.1, 0.15) is 0 Å². The van der Waals surface area contributed by atoms with Crippen molar-refractivity contribution in [1.29, 1.82) is 0 Å². The quantitative estimate of drug-likeness (QED) is 0.760. The molecule has 106 valence electrons. The fraction of sp³-hybridized carbons (Fsp3) is 1.00. The lowest BCUT2D eigenvalue weighted by Crippen LogP contribution is -2.27. The van der Waals surface area contributed by atoms with E-state index in [0.29, 0.717) is 13.2 Å². The minimum atomic E-state index is -0.435. The molecule has 0 spiro atoms. The van der Waals surface area contributed by atoms with Gasteiger partial charge in [-0.3, -0.25) is 0 Å². The Labute approximate surface area is 110 Å². The summed E-state index contributed by atoms with van der Waals surface area (Å²) >= 11 is 0. The van der Waals surface area contributed by atoms with E-state index in [1.165, 1.54) is 0 Å². The van der Waals surface area contributed by atoms with E-state index in [4.69, 9.17) is 18.9 Å². The second kappa shape index (κ2) is 5.45. The minimum absolute atomic E-state index is 0.204. The highest BCUT2D eigenvalue weighted by atomic mass is 16.8. The summed E-state index contributed by atoms with van der Waals surface area (Å²) < 4.78 is 23.0. The van der Waals surface area contributed by atoms with Crippen LogP contribution in [0.4, 0.5) is 0 Å². The first-order valence-electron chi connectivity index (χ1n) is 7.08. The van der Waals surface area contributed by atoms with Crippen LogP contribution in [0.15, 0.2) is 0 Å². The second-order valence-corrected chi connectivity index (χ2v) is 5.84. The highest BCUT2D eigenvalue weighted by Crippen LogP contribution is 2.33. The van der Waals surface area contributed by atoms with Crippen LogP contribution in [0.5, 0.6) is 0 Å². The van der Waals surface area contributed by atoms with Crippen LogP contribution in [0.25, 0.3) is 0 Å². The molecule has 2 heterocycles. The largest absolute Gasteiger partial charge is 0.348 e. The van der Waals surface area contributed by atoms with Gasteiger partial charge < -0.3 is 18.9 Å². The first kappa shape index (κ1) is 14.3. The third kappa shape index (κ3) is 3.44. The summed E-state index contributed by atoms with van der Waals surface area (Å²) in [5, 5.41) is 0. The molecule has 0 bridgehead atoms. The number of hydrogen-bond acceptors (Lipinski definition) is 4. The van der Waals surface area contributed by atoms with Crippen LogP contribution in [0, 0.1) is 0 Å². The molecule has 4 nitrogen and oxygen atoms in total. The van der Waals surface area contributed by atoms with Gasteiger partial charge in [-0.15, -0.1) is 0 Å². The summed E-state index contributed by atoms with van der Waals surface area (Å²) in [5.41, 5.74) is 0. The molecule has 0 unspecified atom stereocenters. The molecule has 0 aromatic heterocycles. The molecule has 2 atom stereocenters. The van der Waals surface area contributed by atoms with Gasteiger partial charge in [-0.25, -0.2) is 0 Å². The molecule has 2 aliphatic rings. The summed E-state index contributed by atoms with van der Waals surface area (Å²) in [6.45, 7) is 9.56. The van der Waals surface area contributed by atoms with E-state index in [1.54, 1.807) is 0 Å². The van der Waals surface area contributed by atoms with Gasteiger partial charge in [0.15, 0.2) is 11.6 Å². The zero-order valence-corrected chi connectivity index (χ0v) is 12.0. The predicted molar refractivity (Wildman–Crippen MR) is 68.3 cm³/mol. The van der Waals surface area contributed by atoms with E-state index in [2.05, 4.69) is 6.92 Å². The van der Waals surface area contributed by atoms with Crippen molar-refractivity contribution >= 4 is 0 Å². The van der Waals surface area contributed by atoms with E-state index in [1.807, 2.05) is 20.8 Å². The van der Waals surface area contributed by atoms with E-state index in [0.717, 1.165) is 25.7 Å². The third-order valence-corrected chi connectivity index (χ3v) is 3.71. The Morgan fingerprint density at radius 2 is 1.61 bits per heavy atom. The van der Waals surface area contributed by atoms with Crippen molar-refractivity contribution < 1.29 is 18.9 Å². The van der Waals surface area contributed by atoms with Crippen LogP contribution in [-0.4, -0.2) is 37.0 Å². The van der Waals surface area contributed by atoms with Gasteiger partial charge in [0.05, 0.1) is 25.4 Å². The lowest BCUT2D eigenvalue weighted by atomic mass is 10.0. The van der Waals surface area contributed by atoms with Crippen LogP contribution in [-0.2, 0) is 18.9 Å². The molecule has 0 aromatic rings. The molecule has 2 fully saturated rings. The van der Waals surface area contributed by atoms with Gasteiger partial charge in [-0.2, -0.15) is 0 Å². The lowest BCUT2D eigenvalue weighted by molar-refractivity contribution is -0.153. The maximum atomic E-state index is 5.95. The van der Waals surface area contributed by atoms with Gasteiger partial charge >= 0.3 is 0 Å². The van der Waals surface area contributed by atoms with E-state index in [-0.39, 0.29) is 18.0 Å². The fourth-order valence-corrected chi connectivity index (χ4v) is 2.83. The summed E-state index contributed by atoms with van der Waals surface area (Å²) in [6.07, 6.45) is 4.39. The lowest BCUT2D eigenvalue weighted by Gasteiger charge is -2.23. The summed E-state index contributed by atoms with van der Waals surface area (Å²) in [5.74, 6) is -0.813. The van der Waals surface area contributed by atoms with Crippen LogP contribution in [0.3, 0.4) is 0 Å². The molecule has 0 radical (unpaired) electrons. The van der Waals surface area contributed by atoms with Crippen molar-refractivity contribution in [3.05, 3.63) is 0 Å². The molecular formula is C14H26O4. The molecule has 2 rings (SSSR count). The van der Waals surface area contributed by atoms with Crippen LogP contribution in [0.1, 0.15) is 53.4 Å². The van der Waals surface area contributed by atoms with Crippen molar-refractivity contribution in [2.75, 3.05) is 13.2 Å². The van der Waals surface area contributed by atoms with Gasteiger partial charge in [-0.05, 0) is 40.0 Å². The molecule has 0 aliphatic carbocycles. The maximum absolute atomic E-state index is 5.95. The average Bonchev–Trinajstić information content (AvgIpc) is 2.83. The predicted octanol–water partition coefficient (Wildman–Crippen LogP) is 2.85. The molecule has 4 heteroatoms. The van der Waals surface area contributed by atoms with Gasteiger partial charge in [0.2, 0.25) is 0 Å². The zero-order valence-electron chi connectivity index (χ0n) is 12.0. The van der Waals surface area contributed by atoms with Crippen molar-refractivity contribution in [2.45, 2.75) is 77.2 Å². The normalized spacial score (nSPS) is 34.0. The highest BCUT2D eigenvalue weighted by molar-refractivity contribution is 4.81. The Morgan fingerprint density at radius 1 is 1.00 bits per heavy atom. The molecule has 0 aromatic carbocycles. The van der Waals surface area contributed by atoms with Gasteiger partial charge in [0, 0.05) is 6.42 Å². The Hall–Kier alpha value is -0.160. The first-order chi connectivity index (χ1) is 8.44. The molecule has 2 saturated heterocycles. The second-order valence-electron chi connectivity index (χ2n) is 5.84. The molecule has 0 amide bonds. The summed E-state index contributed by atoms with van der Waals surface area (Å²) in [4.78, 5) is 0. The van der Waals surface area contributed by atoms with E-state index >= 15 is 0 Å². The number of ether oxygens (including phenoxy) is 4. The SMILES string of the molecule is CC[C@H]1OC(C)(C)O[C@@H]1CCCC1(C)OCCO1. The van der Waals surface area contributed by atoms with Crippen LogP contribution >= 0.6 is 0 Å². The van der Waals surface area contributed by atoms with Crippen molar-refractivity contribution in [1.82, 2.24) is 0 Å². The first-order valence-corrected chi connectivity index (χ1v) is 7.08. The summed E-state index contributed by atoms with van der Waals surface area (Å²) in [6, 6.07) is 0. The highest BCUT2D eigenvalue weighted by Gasteiger charge is 2.40. The molecule has 18 heavy (non-hydrogen) atoms. The maximum Gasteiger partial charge on any atom is 0.165 e. The van der Waals surface area contributed by atoms with E-state index in [9.17, 15) is 0 Å². The van der Waals surface area contributed by atoms with Crippen molar-refractivity contribution in [2.24, 2.45) is 0 Å². The Kier molecular flexibility index (Phi) is 4.32. The molecule has 2 aliphatic heterocycles. The zero-order chi connectivity index (χ0) is 13.2. The smallest absolute Gasteiger partial charge is 0.165 e. The standard InChI is InChI=1S/C14H26O4/c1-5-11-12(18-13(2,3)17-11)7-6-8-14(4)15-9-10-16-14/h11-12H,5-10H2,1-4H3/t11-,12-/m1/s1. The van der Waals surface area contributed by atoms with E-state index < -0.39 is 5.79 Å². The Balaban J connectivity index is 1.76. The van der Waals surface area contributed by atoms with Gasteiger partial charge in [-0.1, -0.05) is 6.92 Å². The topological polar surface area (TPSA) is 36.9 Å². The average molecular weight is 258 g/mol. The minimum Gasteiger partial charge on any atom is -0.348 e. The molecule has 0 saturated carbocycles. The monoisotopic (exact) mass is 258 g/mol. The number of hydrogen-bond donors (Lipinski definition) is 0.